The predicted octanol–water partition coefficient (Wildman–Crippen LogP) is 2.10. The molecule has 2 unspecified atom stereocenters. The molecule has 3 rings (SSSR count). The van der Waals surface area contributed by atoms with E-state index >= 15 is 0 Å². The molecule has 2 atom stereocenters. The second-order valence-electron chi connectivity index (χ2n) is 6.97. The Morgan fingerprint density at radius 3 is 2.93 bits per heavy atom. The van der Waals surface area contributed by atoms with E-state index in [1.165, 1.54) is 5.56 Å². The molecule has 0 radical (unpaired) electrons. The van der Waals surface area contributed by atoms with E-state index in [1.807, 2.05) is 10.7 Å². The first-order valence-corrected chi connectivity index (χ1v) is 9.71. The zero-order chi connectivity index (χ0) is 19.1. The van der Waals surface area contributed by atoms with Crippen LogP contribution in [-0.2, 0) is 24.3 Å². The normalized spacial score (nSPS) is 18.0. The standard InChI is InChI=1S/C20H30N6O/c1-4-21-20(22-12-15(2)16-8-6-5-7-9-16)23-17-10-11-19-24-18(14-27-3)25-26(19)13-17/h5-9,15,17H,4,10-14H2,1-3H3,(H2,21,22,23). The van der Waals surface area contributed by atoms with Gasteiger partial charge in [-0.1, -0.05) is 37.3 Å². The number of nitrogens with one attached hydrogen (secondary N) is 2. The minimum absolute atomic E-state index is 0.291. The van der Waals surface area contributed by atoms with E-state index in [1.54, 1.807) is 7.11 Å². The minimum Gasteiger partial charge on any atom is -0.377 e. The summed E-state index contributed by atoms with van der Waals surface area (Å²) in [5, 5.41) is 11.5. The number of aliphatic imine (C=N–C) groups is 1. The molecule has 0 fully saturated rings. The zero-order valence-corrected chi connectivity index (χ0v) is 16.5. The fourth-order valence-corrected chi connectivity index (χ4v) is 3.30. The maximum atomic E-state index is 5.14. The van der Waals surface area contributed by atoms with Crippen molar-refractivity contribution >= 4 is 5.96 Å². The van der Waals surface area contributed by atoms with Gasteiger partial charge in [-0.15, -0.1) is 0 Å². The fraction of sp³-hybridized carbons (Fsp3) is 0.550. The Kier molecular flexibility index (Phi) is 6.81. The van der Waals surface area contributed by atoms with Crippen LogP contribution in [0.3, 0.4) is 0 Å². The molecule has 146 valence electrons. The zero-order valence-electron chi connectivity index (χ0n) is 16.5. The van der Waals surface area contributed by atoms with Crippen LogP contribution >= 0.6 is 0 Å². The van der Waals surface area contributed by atoms with E-state index in [2.05, 4.69) is 58.8 Å². The van der Waals surface area contributed by atoms with Crippen molar-refractivity contribution in [2.24, 2.45) is 4.99 Å². The molecule has 1 aromatic heterocycles. The number of benzene rings is 1. The molecule has 1 aliphatic heterocycles. The molecular formula is C20H30N6O. The lowest BCUT2D eigenvalue weighted by atomic mass is 10.0. The first-order chi connectivity index (χ1) is 13.2. The summed E-state index contributed by atoms with van der Waals surface area (Å²) in [4.78, 5) is 9.34. The molecule has 7 heteroatoms. The average Bonchev–Trinajstić information content (AvgIpc) is 3.08. The Labute approximate surface area is 161 Å². The molecule has 7 nitrogen and oxygen atoms in total. The molecule has 0 amide bonds. The van der Waals surface area contributed by atoms with E-state index in [0.717, 1.165) is 50.1 Å². The van der Waals surface area contributed by atoms with Gasteiger partial charge in [-0.3, -0.25) is 4.99 Å². The number of hydrogen-bond acceptors (Lipinski definition) is 4. The number of aromatic nitrogens is 3. The van der Waals surface area contributed by atoms with Crippen molar-refractivity contribution in [3.05, 3.63) is 47.5 Å². The monoisotopic (exact) mass is 370 g/mol. The Balaban J connectivity index is 1.60. The molecule has 0 spiro atoms. The Hall–Kier alpha value is -2.41. The topological polar surface area (TPSA) is 76.4 Å². The fourth-order valence-electron chi connectivity index (χ4n) is 3.30. The number of fused-ring (bicyclic) bond motifs is 1. The minimum atomic E-state index is 0.291. The van der Waals surface area contributed by atoms with Gasteiger partial charge in [-0.05, 0) is 18.9 Å². The number of aryl methyl sites for hydroxylation is 1. The maximum Gasteiger partial charge on any atom is 0.191 e. The van der Waals surface area contributed by atoms with Gasteiger partial charge in [0.25, 0.3) is 0 Å². The highest BCUT2D eigenvalue weighted by atomic mass is 16.5. The van der Waals surface area contributed by atoms with Crippen LogP contribution in [-0.4, -0.2) is 47.0 Å². The lowest BCUT2D eigenvalue weighted by Gasteiger charge is -2.25. The van der Waals surface area contributed by atoms with Crippen molar-refractivity contribution < 1.29 is 4.74 Å². The molecule has 0 aliphatic carbocycles. The maximum absolute atomic E-state index is 5.14. The molecule has 27 heavy (non-hydrogen) atoms. The highest BCUT2D eigenvalue weighted by Gasteiger charge is 2.22. The Morgan fingerprint density at radius 1 is 1.37 bits per heavy atom. The number of ether oxygens (including phenoxy) is 1. The summed E-state index contributed by atoms with van der Waals surface area (Å²) in [5.41, 5.74) is 1.31. The van der Waals surface area contributed by atoms with Crippen LogP contribution in [0.2, 0.25) is 0 Å². The molecule has 0 saturated carbocycles. The van der Waals surface area contributed by atoms with Crippen molar-refractivity contribution in [2.45, 2.75) is 51.8 Å². The summed E-state index contributed by atoms with van der Waals surface area (Å²) in [6.07, 6.45) is 1.93. The lowest BCUT2D eigenvalue weighted by Crippen LogP contribution is -2.47. The molecule has 1 aliphatic rings. The third kappa shape index (κ3) is 5.29. The molecule has 0 bridgehead atoms. The Bertz CT molecular complexity index is 742. The summed E-state index contributed by atoms with van der Waals surface area (Å²) in [7, 11) is 1.67. The quantitative estimate of drug-likeness (QED) is 0.577. The average molecular weight is 371 g/mol. The SMILES string of the molecule is CCNC(=NCC(C)c1ccccc1)NC1CCc2nc(COC)nn2C1. The summed E-state index contributed by atoms with van der Waals surface area (Å²) in [6.45, 7) is 7.14. The molecule has 2 N–H and O–H groups in total. The van der Waals surface area contributed by atoms with Gasteiger partial charge in [0.2, 0.25) is 0 Å². The van der Waals surface area contributed by atoms with Crippen molar-refractivity contribution in [2.75, 3.05) is 20.2 Å². The van der Waals surface area contributed by atoms with Gasteiger partial charge in [0, 0.05) is 38.6 Å². The largest absolute Gasteiger partial charge is 0.377 e. The van der Waals surface area contributed by atoms with Gasteiger partial charge in [0.05, 0.1) is 6.54 Å². The predicted molar refractivity (Wildman–Crippen MR) is 107 cm³/mol. The molecular weight excluding hydrogens is 340 g/mol. The van der Waals surface area contributed by atoms with Crippen molar-refractivity contribution in [3.8, 4) is 0 Å². The summed E-state index contributed by atoms with van der Waals surface area (Å²) in [6, 6.07) is 10.8. The van der Waals surface area contributed by atoms with E-state index in [0.29, 0.717) is 18.6 Å². The molecule has 2 heterocycles. The smallest absolute Gasteiger partial charge is 0.191 e. The second-order valence-corrected chi connectivity index (χ2v) is 6.97. The highest BCUT2D eigenvalue weighted by Crippen LogP contribution is 2.15. The van der Waals surface area contributed by atoms with Gasteiger partial charge in [-0.25, -0.2) is 9.67 Å². The lowest BCUT2D eigenvalue weighted by molar-refractivity contribution is 0.177. The van der Waals surface area contributed by atoms with E-state index in [-0.39, 0.29) is 0 Å². The van der Waals surface area contributed by atoms with E-state index in [9.17, 15) is 0 Å². The number of hydrogen-bond donors (Lipinski definition) is 2. The summed E-state index contributed by atoms with van der Waals surface area (Å²) in [5.74, 6) is 3.04. The summed E-state index contributed by atoms with van der Waals surface area (Å²) >= 11 is 0. The number of nitrogens with zero attached hydrogens (tertiary/aromatic N) is 4. The van der Waals surface area contributed by atoms with Gasteiger partial charge >= 0.3 is 0 Å². The van der Waals surface area contributed by atoms with Gasteiger partial charge in [0.15, 0.2) is 11.8 Å². The van der Waals surface area contributed by atoms with Gasteiger partial charge < -0.3 is 15.4 Å². The van der Waals surface area contributed by atoms with E-state index in [4.69, 9.17) is 9.73 Å². The molecule has 2 aromatic rings. The summed E-state index contributed by atoms with van der Waals surface area (Å²) < 4.78 is 7.13. The van der Waals surface area contributed by atoms with Crippen LogP contribution in [0.15, 0.2) is 35.3 Å². The van der Waals surface area contributed by atoms with Crippen LogP contribution in [0, 0.1) is 0 Å². The first kappa shape index (κ1) is 19.4. The third-order valence-electron chi connectivity index (χ3n) is 4.75. The van der Waals surface area contributed by atoms with Crippen LogP contribution in [0.4, 0.5) is 0 Å². The van der Waals surface area contributed by atoms with Crippen LogP contribution in [0.5, 0.6) is 0 Å². The highest BCUT2D eigenvalue weighted by molar-refractivity contribution is 5.80. The number of guanidine groups is 1. The third-order valence-corrected chi connectivity index (χ3v) is 4.75. The Morgan fingerprint density at radius 2 is 2.19 bits per heavy atom. The van der Waals surface area contributed by atoms with Crippen molar-refractivity contribution in [1.29, 1.82) is 0 Å². The first-order valence-electron chi connectivity index (χ1n) is 9.71. The molecule has 1 aromatic carbocycles. The van der Waals surface area contributed by atoms with Crippen LogP contribution in [0.1, 0.15) is 43.4 Å². The van der Waals surface area contributed by atoms with E-state index < -0.39 is 0 Å². The van der Waals surface area contributed by atoms with Crippen LogP contribution in [0.25, 0.3) is 0 Å². The van der Waals surface area contributed by atoms with Crippen LogP contribution < -0.4 is 10.6 Å². The van der Waals surface area contributed by atoms with Crippen molar-refractivity contribution in [1.82, 2.24) is 25.4 Å². The van der Waals surface area contributed by atoms with Gasteiger partial charge in [0.1, 0.15) is 12.4 Å². The van der Waals surface area contributed by atoms with Crippen molar-refractivity contribution in [3.63, 3.8) is 0 Å². The number of rotatable bonds is 7. The second kappa shape index (κ2) is 9.50. The number of methoxy groups -OCH3 is 1. The molecule has 0 saturated heterocycles. The van der Waals surface area contributed by atoms with Gasteiger partial charge in [-0.2, -0.15) is 5.10 Å².